The summed E-state index contributed by atoms with van der Waals surface area (Å²) in [6, 6.07) is 3.50. The smallest absolute Gasteiger partial charge is 0.140 e. The summed E-state index contributed by atoms with van der Waals surface area (Å²) in [5.41, 5.74) is 0.936. The van der Waals surface area contributed by atoms with Crippen molar-refractivity contribution in [1.29, 1.82) is 0 Å². The van der Waals surface area contributed by atoms with Gasteiger partial charge in [-0.15, -0.1) is 0 Å². The highest BCUT2D eigenvalue weighted by Gasteiger charge is 2.06. The Bertz CT molecular complexity index is 335. The maximum atomic E-state index is 8.58. The highest BCUT2D eigenvalue weighted by molar-refractivity contribution is 6.35. The minimum absolute atomic E-state index is 0.156. The molecular formula is C12H17Cl2NO2. The molecule has 0 aliphatic rings. The molecule has 0 bridgehead atoms. The van der Waals surface area contributed by atoms with Gasteiger partial charge in [0.1, 0.15) is 5.75 Å². The van der Waals surface area contributed by atoms with Gasteiger partial charge in [-0.3, -0.25) is 0 Å². The van der Waals surface area contributed by atoms with Crippen molar-refractivity contribution in [3.05, 3.63) is 27.7 Å². The fraction of sp³-hybridized carbons (Fsp3) is 0.500. The van der Waals surface area contributed by atoms with Crippen LogP contribution in [-0.2, 0) is 0 Å². The number of rotatable bonds is 7. The van der Waals surface area contributed by atoms with E-state index >= 15 is 0 Å². The van der Waals surface area contributed by atoms with Crippen LogP contribution in [0, 0.1) is 6.92 Å². The predicted octanol–water partition coefficient (Wildman–Crippen LogP) is 2.65. The lowest BCUT2D eigenvalue weighted by molar-refractivity contribution is 0.281. The first-order valence-corrected chi connectivity index (χ1v) is 6.30. The van der Waals surface area contributed by atoms with Gasteiger partial charge in [-0.2, -0.15) is 0 Å². The second-order valence-electron chi connectivity index (χ2n) is 3.71. The molecule has 0 spiro atoms. The molecule has 96 valence electrons. The molecule has 0 radical (unpaired) electrons. The first kappa shape index (κ1) is 14.6. The molecule has 0 aromatic heterocycles. The molecule has 1 aromatic carbocycles. The van der Waals surface area contributed by atoms with Crippen LogP contribution in [0.2, 0.25) is 10.0 Å². The Morgan fingerprint density at radius 3 is 2.71 bits per heavy atom. The van der Waals surface area contributed by atoms with E-state index in [9.17, 15) is 0 Å². The predicted molar refractivity (Wildman–Crippen MR) is 71.3 cm³/mol. The van der Waals surface area contributed by atoms with E-state index in [4.69, 9.17) is 33.0 Å². The number of hydrogen-bond acceptors (Lipinski definition) is 3. The lowest BCUT2D eigenvalue weighted by Gasteiger charge is -2.11. The summed E-state index contributed by atoms with van der Waals surface area (Å²) >= 11 is 11.9. The highest BCUT2D eigenvalue weighted by Crippen LogP contribution is 2.31. The topological polar surface area (TPSA) is 41.5 Å². The van der Waals surface area contributed by atoms with E-state index in [0.29, 0.717) is 28.9 Å². The van der Waals surface area contributed by atoms with Gasteiger partial charge in [0.2, 0.25) is 0 Å². The first-order chi connectivity index (χ1) is 8.15. The maximum Gasteiger partial charge on any atom is 0.140 e. The molecule has 1 rings (SSSR count). The molecule has 0 aliphatic heterocycles. The fourth-order valence-electron chi connectivity index (χ4n) is 1.45. The van der Waals surface area contributed by atoms with Crippen LogP contribution in [-0.4, -0.2) is 31.4 Å². The van der Waals surface area contributed by atoms with Crippen molar-refractivity contribution in [2.24, 2.45) is 0 Å². The van der Waals surface area contributed by atoms with Gasteiger partial charge in [0.15, 0.2) is 0 Å². The molecule has 0 aliphatic carbocycles. The maximum absolute atomic E-state index is 8.58. The third-order valence-electron chi connectivity index (χ3n) is 2.23. The quantitative estimate of drug-likeness (QED) is 0.753. The number of aliphatic hydroxyl groups excluding tert-OH is 1. The first-order valence-electron chi connectivity index (χ1n) is 5.55. The highest BCUT2D eigenvalue weighted by atomic mass is 35.5. The Labute approximate surface area is 112 Å². The largest absolute Gasteiger partial charge is 0.492 e. The number of halogens is 2. The van der Waals surface area contributed by atoms with Crippen molar-refractivity contribution in [3.8, 4) is 5.75 Å². The normalized spacial score (nSPS) is 10.6. The molecule has 0 saturated heterocycles. The van der Waals surface area contributed by atoms with Gasteiger partial charge in [-0.05, 0) is 37.6 Å². The van der Waals surface area contributed by atoms with Crippen molar-refractivity contribution in [2.45, 2.75) is 13.3 Å². The molecule has 0 unspecified atom stereocenters. The molecule has 0 heterocycles. The van der Waals surface area contributed by atoms with Crippen LogP contribution >= 0.6 is 23.2 Å². The van der Waals surface area contributed by atoms with Crippen LogP contribution in [0.5, 0.6) is 5.75 Å². The standard InChI is InChI=1S/C12H17Cl2NO2/c1-9-7-10(13)8-11(14)12(9)17-6-2-3-15-4-5-16/h7-8,15-16H,2-6H2,1H3. The number of nitrogens with one attached hydrogen (secondary N) is 1. The van der Waals surface area contributed by atoms with Crippen LogP contribution in [0.3, 0.4) is 0 Å². The summed E-state index contributed by atoms with van der Waals surface area (Å²) in [5, 5.41) is 12.8. The number of aliphatic hydroxyl groups is 1. The Kier molecular flexibility index (Phi) is 6.66. The van der Waals surface area contributed by atoms with Gasteiger partial charge in [0.25, 0.3) is 0 Å². The van der Waals surface area contributed by atoms with Gasteiger partial charge in [-0.25, -0.2) is 0 Å². The molecule has 5 heteroatoms. The van der Waals surface area contributed by atoms with Gasteiger partial charge < -0.3 is 15.2 Å². The number of hydrogen-bond donors (Lipinski definition) is 2. The molecule has 1 aromatic rings. The van der Waals surface area contributed by atoms with Crippen molar-refractivity contribution < 1.29 is 9.84 Å². The minimum Gasteiger partial charge on any atom is -0.492 e. The molecule has 0 atom stereocenters. The van der Waals surface area contributed by atoms with E-state index < -0.39 is 0 Å². The fourth-order valence-corrected chi connectivity index (χ4v) is 2.10. The summed E-state index contributed by atoms with van der Waals surface area (Å²) in [6.07, 6.45) is 0.860. The van der Waals surface area contributed by atoms with Crippen LogP contribution in [0.4, 0.5) is 0 Å². The van der Waals surface area contributed by atoms with Crippen LogP contribution in [0.15, 0.2) is 12.1 Å². The summed E-state index contributed by atoms with van der Waals surface area (Å²) in [4.78, 5) is 0. The van der Waals surface area contributed by atoms with E-state index in [0.717, 1.165) is 18.5 Å². The lowest BCUT2D eigenvalue weighted by Crippen LogP contribution is -2.20. The average Bonchev–Trinajstić information content (AvgIpc) is 2.26. The van der Waals surface area contributed by atoms with Gasteiger partial charge in [0, 0.05) is 11.6 Å². The Morgan fingerprint density at radius 1 is 1.29 bits per heavy atom. The second kappa shape index (κ2) is 7.77. The van der Waals surface area contributed by atoms with Crippen LogP contribution in [0.25, 0.3) is 0 Å². The third-order valence-corrected chi connectivity index (χ3v) is 2.73. The zero-order chi connectivity index (χ0) is 12.7. The van der Waals surface area contributed by atoms with Gasteiger partial charge >= 0.3 is 0 Å². The van der Waals surface area contributed by atoms with E-state index in [2.05, 4.69) is 5.32 Å². The molecule has 2 N–H and O–H groups in total. The summed E-state index contributed by atoms with van der Waals surface area (Å²) in [6.45, 7) is 4.08. The average molecular weight is 278 g/mol. The molecule has 17 heavy (non-hydrogen) atoms. The second-order valence-corrected chi connectivity index (χ2v) is 4.55. The molecular weight excluding hydrogens is 261 g/mol. The van der Waals surface area contributed by atoms with Crippen molar-refractivity contribution >= 4 is 23.2 Å². The van der Waals surface area contributed by atoms with E-state index in [1.807, 2.05) is 13.0 Å². The van der Waals surface area contributed by atoms with Gasteiger partial charge in [0.05, 0.1) is 18.2 Å². The number of ether oxygens (including phenoxy) is 1. The molecule has 0 amide bonds. The van der Waals surface area contributed by atoms with Crippen molar-refractivity contribution in [3.63, 3.8) is 0 Å². The third kappa shape index (κ3) is 5.13. The lowest BCUT2D eigenvalue weighted by atomic mass is 10.2. The minimum atomic E-state index is 0.156. The van der Waals surface area contributed by atoms with E-state index in [1.54, 1.807) is 6.07 Å². The zero-order valence-electron chi connectivity index (χ0n) is 9.80. The Balaban J connectivity index is 2.36. The monoisotopic (exact) mass is 277 g/mol. The van der Waals surface area contributed by atoms with Crippen LogP contribution in [0.1, 0.15) is 12.0 Å². The molecule has 0 saturated carbocycles. The summed E-state index contributed by atoms with van der Waals surface area (Å²) in [7, 11) is 0. The Hall–Kier alpha value is -0.480. The summed E-state index contributed by atoms with van der Waals surface area (Å²) < 4.78 is 5.61. The van der Waals surface area contributed by atoms with E-state index in [-0.39, 0.29) is 6.61 Å². The molecule has 0 fully saturated rings. The van der Waals surface area contributed by atoms with Gasteiger partial charge in [-0.1, -0.05) is 23.2 Å². The van der Waals surface area contributed by atoms with Crippen LogP contribution < -0.4 is 10.1 Å². The Morgan fingerprint density at radius 2 is 2.06 bits per heavy atom. The van der Waals surface area contributed by atoms with Crippen molar-refractivity contribution in [2.75, 3.05) is 26.3 Å². The summed E-state index contributed by atoms with van der Waals surface area (Å²) in [5.74, 6) is 0.693. The van der Waals surface area contributed by atoms with E-state index in [1.165, 1.54) is 0 Å². The number of aryl methyl sites for hydroxylation is 1. The SMILES string of the molecule is Cc1cc(Cl)cc(Cl)c1OCCCNCCO. The molecule has 3 nitrogen and oxygen atoms in total. The number of benzene rings is 1. The zero-order valence-corrected chi connectivity index (χ0v) is 11.3. The van der Waals surface area contributed by atoms with Crippen molar-refractivity contribution in [1.82, 2.24) is 5.32 Å².